The van der Waals surface area contributed by atoms with Crippen molar-refractivity contribution in [2.45, 2.75) is 18.8 Å². The van der Waals surface area contributed by atoms with Gasteiger partial charge in [-0.05, 0) is 31.0 Å². The Morgan fingerprint density at radius 3 is 2.45 bits per heavy atom. The summed E-state index contributed by atoms with van der Waals surface area (Å²) in [5, 5.41) is 14.2. The smallest absolute Gasteiger partial charge is 0.407 e. The molecule has 0 atom stereocenters. The second-order valence-electron chi connectivity index (χ2n) is 7.66. The molecule has 2 aromatic heterocycles. The minimum absolute atomic E-state index is 0.0663. The molecule has 5 rings (SSSR count). The predicted octanol–water partition coefficient (Wildman–Crippen LogP) is 3.98. The van der Waals surface area contributed by atoms with E-state index in [2.05, 4.69) is 10.1 Å². The van der Waals surface area contributed by atoms with Crippen molar-refractivity contribution in [2.75, 3.05) is 13.1 Å². The molecule has 9 heteroatoms. The number of aromatic nitrogens is 3. The van der Waals surface area contributed by atoms with Gasteiger partial charge in [-0.3, -0.25) is 4.79 Å². The summed E-state index contributed by atoms with van der Waals surface area (Å²) in [5.41, 5.74) is 1.27. The highest BCUT2D eigenvalue weighted by atomic mass is 19.1. The summed E-state index contributed by atoms with van der Waals surface area (Å²) >= 11 is 0. The standard InChI is InChI=1S/C22H18F2N4O3/c23-14-4-2-5-15(24)19(14)13-3-1-6-16-20(13)21-25-18(29)11-17(28(21)26-16)12-7-9-27(10-8-12)22(30)31/h1-6,11-12H,7-10H2,(H,25,29)(H,30,31). The first kappa shape index (κ1) is 19.2. The van der Waals surface area contributed by atoms with Crippen LogP contribution in [0.1, 0.15) is 24.5 Å². The van der Waals surface area contributed by atoms with Crippen LogP contribution in [0, 0.1) is 11.6 Å². The molecule has 0 aliphatic carbocycles. The summed E-state index contributed by atoms with van der Waals surface area (Å²) in [6.45, 7) is 0.724. The fourth-order valence-corrected chi connectivity index (χ4v) is 4.41. The van der Waals surface area contributed by atoms with E-state index in [-0.39, 0.29) is 17.0 Å². The number of H-pyrrole nitrogens is 1. The second-order valence-corrected chi connectivity index (χ2v) is 7.66. The van der Waals surface area contributed by atoms with E-state index in [1.807, 2.05) is 0 Å². The van der Waals surface area contributed by atoms with Crippen LogP contribution in [-0.2, 0) is 0 Å². The molecule has 0 radical (unpaired) electrons. The maximum atomic E-state index is 14.5. The Kier molecular flexibility index (Phi) is 4.46. The second kappa shape index (κ2) is 7.19. The van der Waals surface area contributed by atoms with Crippen LogP contribution in [0.2, 0.25) is 0 Å². The number of amides is 1. The van der Waals surface area contributed by atoms with Crippen molar-refractivity contribution in [3.8, 4) is 11.1 Å². The van der Waals surface area contributed by atoms with E-state index >= 15 is 0 Å². The Morgan fingerprint density at radius 1 is 1.10 bits per heavy atom. The van der Waals surface area contributed by atoms with Gasteiger partial charge >= 0.3 is 6.09 Å². The van der Waals surface area contributed by atoms with Crippen molar-refractivity contribution >= 4 is 22.6 Å². The van der Waals surface area contributed by atoms with Crippen molar-refractivity contribution in [3.05, 3.63) is 70.1 Å². The number of benzene rings is 2. The van der Waals surface area contributed by atoms with Gasteiger partial charge in [0.15, 0.2) is 0 Å². The molecule has 1 saturated heterocycles. The van der Waals surface area contributed by atoms with E-state index in [9.17, 15) is 23.5 Å². The number of carbonyl (C=O) groups is 1. The lowest BCUT2D eigenvalue weighted by Gasteiger charge is -2.30. The van der Waals surface area contributed by atoms with Gasteiger partial charge in [0.1, 0.15) is 17.3 Å². The van der Waals surface area contributed by atoms with Gasteiger partial charge in [0, 0.05) is 30.6 Å². The molecule has 31 heavy (non-hydrogen) atoms. The number of hydrogen-bond donors (Lipinski definition) is 2. The molecule has 2 N–H and O–H groups in total. The molecular formula is C22H18F2N4O3. The third kappa shape index (κ3) is 3.13. The van der Waals surface area contributed by atoms with E-state index in [4.69, 9.17) is 0 Å². The summed E-state index contributed by atoms with van der Waals surface area (Å²) in [7, 11) is 0. The average Bonchev–Trinajstić information content (AvgIpc) is 3.12. The van der Waals surface area contributed by atoms with Gasteiger partial charge in [-0.25, -0.2) is 18.1 Å². The van der Waals surface area contributed by atoms with Crippen LogP contribution in [0.4, 0.5) is 13.6 Å². The quantitative estimate of drug-likeness (QED) is 0.509. The van der Waals surface area contributed by atoms with Crippen LogP contribution < -0.4 is 5.56 Å². The zero-order valence-electron chi connectivity index (χ0n) is 16.3. The van der Waals surface area contributed by atoms with Crippen LogP contribution in [0.25, 0.3) is 27.7 Å². The largest absolute Gasteiger partial charge is 0.465 e. The summed E-state index contributed by atoms with van der Waals surface area (Å²) in [6.07, 6.45) is 0.141. The number of fused-ring (bicyclic) bond motifs is 3. The molecule has 3 heterocycles. The molecule has 0 saturated carbocycles. The fourth-order valence-electron chi connectivity index (χ4n) is 4.41. The fraction of sp³-hybridized carbons (Fsp3) is 0.227. The third-order valence-electron chi connectivity index (χ3n) is 5.88. The SMILES string of the molecule is O=C(O)N1CCC(c2cc(=O)[nH]c3c4c(-c5c(F)cccc5F)cccc4nn23)CC1. The zero-order chi connectivity index (χ0) is 21.7. The number of hydrogen-bond acceptors (Lipinski definition) is 3. The maximum Gasteiger partial charge on any atom is 0.407 e. The first-order chi connectivity index (χ1) is 14.9. The van der Waals surface area contributed by atoms with Crippen molar-refractivity contribution in [2.24, 2.45) is 0 Å². The van der Waals surface area contributed by atoms with Gasteiger partial charge in [0.2, 0.25) is 0 Å². The topological polar surface area (TPSA) is 90.7 Å². The van der Waals surface area contributed by atoms with Gasteiger partial charge in [-0.1, -0.05) is 18.2 Å². The maximum absolute atomic E-state index is 14.5. The molecule has 0 spiro atoms. The third-order valence-corrected chi connectivity index (χ3v) is 5.88. The minimum Gasteiger partial charge on any atom is -0.465 e. The van der Waals surface area contributed by atoms with Crippen molar-refractivity contribution in [3.63, 3.8) is 0 Å². The number of piperidine rings is 1. The van der Waals surface area contributed by atoms with Crippen molar-refractivity contribution < 1.29 is 18.7 Å². The highest BCUT2D eigenvalue weighted by molar-refractivity contribution is 6.04. The summed E-state index contributed by atoms with van der Waals surface area (Å²) in [5.74, 6) is -1.47. The summed E-state index contributed by atoms with van der Waals surface area (Å²) in [4.78, 5) is 27.8. The lowest BCUT2D eigenvalue weighted by molar-refractivity contribution is 0.131. The molecular weight excluding hydrogens is 406 g/mol. The number of likely N-dealkylation sites (tertiary alicyclic amines) is 1. The molecule has 1 fully saturated rings. The molecule has 1 aliphatic heterocycles. The molecule has 2 aromatic carbocycles. The highest BCUT2D eigenvalue weighted by Crippen LogP contribution is 2.35. The molecule has 1 amide bonds. The van der Waals surface area contributed by atoms with Gasteiger partial charge < -0.3 is 15.0 Å². The molecule has 0 unspecified atom stereocenters. The van der Waals surface area contributed by atoms with E-state index in [1.165, 1.54) is 29.2 Å². The Labute approximate surface area is 174 Å². The number of carboxylic acid groups (broad SMARTS) is 1. The normalized spacial score (nSPS) is 15.1. The van der Waals surface area contributed by atoms with Crippen LogP contribution in [0.3, 0.4) is 0 Å². The number of nitrogens with zero attached hydrogens (tertiary/aromatic N) is 3. The van der Waals surface area contributed by atoms with Gasteiger partial charge in [0.25, 0.3) is 5.56 Å². The average molecular weight is 424 g/mol. The van der Waals surface area contributed by atoms with Crippen LogP contribution in [0.5, 0.6) is 0 Å². The van der Waals surface area contributed by atoms with Gasteiger partial charge in [0.05, 0.1) is 22.2 Å². The van der Waals surface area contributed by atoms with Crippen LogP contribution in [0.15, 0.2) is 47.3 Å². The summed E-state index contributed by atoms with van der Waals surface area (Å²) in [6, 6.07) is 10.1. The predicted molar refractivity (Wildman–Crippen MR) is 110 cm³/mol. The molecule has 0 bridgehead atoms. The van der Waals surface area contributed by atoms with Gasteiger partial charge in [-0.15, -0.1) is 0 Å². The Balaban J connectivity index is 1.72. The molecule has 4 aromatic rings. The van der Waals surface area contributed by atoms with E-state index in [0.29, 0.717) is 53.7 Å². The Bertz CT molecular complexity index is 1370. The zero-order valence-corrected chi connectivity index (χ0v) is 16.3. The van der Waals surface area contributed by atoms with Gasteiger partial charge in [-0.2, -0.15) is 5.10 Å². The minimum atomic E-state index is -0.962. The monoisotopic (exact) mass is 424 g/mol. The first-order valence-corrected chi connectivity index (χ1v) is 9.91. The number of nitrogens with one attached hydrogen (secondary N) is 1. The van der Waals surface area contributed by atoms with E-state index < -0.39 is 17.7 Å². The number of aromatic amines is 1. The number of rotatable bonds is 2. The lowest BCUT2D eigenvalue weighted by atomic mass is 9.93. The highest BCUT2D eigenvalue weighted by Gasteiger charge is 2.27. The lowest BCUT2D eigenvalue weighted by Crippen LogP contribution is -2.37. The summed E-state index contributed by atoms with van der Waals surface area (Å²) < 4.78 is 30.7. The first-order valence-electron chi connectivity index (χ1n) is 9.91. The number of halogens is 2. The Hall–Kier alpha value is -3.75. The van der Waals surface area contributed by atoms with Crippen molar-refractivity contribution in [1.29, 1.82) is 0 Å². The van der Waals surface area contributed by atoms with Crippen LogP contribution >= 0.6 is 0 Å². The van der Waals surface area contributed by atoms with E-state index in [0.717, 1.165) is 0 Å². The van der Waals surface area contributed by atoms with Crippen LogP contribution in [-0.4, -0.2) is 43.8 Å². The molecule has 158 valence electrons. The van der Waals surface area contributed by atoms with Crippen molar-refractivity contribution in [1.82, 2.24) is 19.5 Å². The molecule has 7 nitrogen and oxygen atoms in total. The molecule has 1 aliphatic rings. The van der Waals surface area contributed by atoms with E-state index in [1.54, 1.807) is 22.7 Å². The Morgan fingerprint density at radius 2 is 1.77 bits per heavy atom.